The van der Waals surface area contributed by atoms with Crippen molar-refractivity contribution < 1.29 is 4.79 Å². The van der Waals surface area contributed by atoms with Gasteiger partial charge in [0.1, 0.15) is 5.54 Å². The highest BCUT2D eigenvalue weighted by atomic mass is 16.2. The summed E-state index contributed by atoms with van der Waals surface area (Å²) in [7, 11) is 1.71. The van der Waals surface area contributed by atoms with Crippen molar-refractivity contribution in [1.29, 1.82) is 0 Å². The molecular weight excluding hydrogens is 180 g/mol. The molecule has 1 aliphatic rings. The van der Waals surface area contributed by atoms with Gasteiger partial charge in [-0.15, -0.1) is 0 Å². The van der Waals surface area contributed by atoms with E-state index in [0.717, 1.165) is 0 Å². The molecule has 0 saturated carbocycles. The summed E-state index contributed by atoms with van der Waals surface area (Å²) in [4.78, 5) is 21.6. The molecule has 1 N–H and O–H groups in total. The summed E-state index contributed by atoms with van der Waals surface area (Å²) >= 11 is 0. The Bertz CT molecular complexity index is 388. The average molecular weight is 192 g/mol. The van der Waals surface area contributed by atoms with Crippen LogP contribution in [0.2, 0.25) is 0 Å². The van der Waals surface area contributed by atoms with Crippen LogP contribution in [0.4, 0.5) is 11.6 Å². The van der Waals surface area contributed by atoms with Gasteiger partial charge in [0.05, 0.1) is 0 Å². The van der Waals surface area contributed by atoms with Crippen LogP contribution >= 0.6 is 0 Å². The van der Waals surface area contributed by atoms with E-state index in [0.29, 0.717) is 11.6 Å². The van der Waals surface area contributed by atoms with E-state index in [4.69, 9.17) is 0 Å². The fourth-order valence-corrected chi connectivity index (χ4v) is 1.53. The largest absolute Gasteiger partial charge is 0.353 e. The van der Waals surface area contributed by atoms with E-state index in [2.05, 4.69) is 15.3 Å². The molecule has 5 nitrogen and oxygen atoms in total. The normalized spacial score (nSPS) is 18.8. The van der Waals surface area contributed by atoms with Crippen LogP contribution in [0.15, 0.2) is 12.4 Å². The van der Waals surface area contributed by atoms with Crippen LogP contribution in [0.1, 0.15) is 13.8 Å². The fraction of sp³-hybridized carbons (Fsp3) is 0.444. The molecular formula is C9H12N4O. The second-order valence-corrected chi connectivity index (χ2v) is 3.84. The first kappa shape index (κ1) is 8.93. The number of anilines is 2. The first-order valence-electron chi connectivity index (χ1n) is 4.40. The molecule has 0 radical (unpaired) electrons. The number of carbonyl (C=O) groups excluding carboxylic acids is 1. The third-order valence-electron chi connectivity index (χ3n) is 2.27. The van der Waals surface area contributed by atoms with Gasteiger partial charge in [-0.3, -0.25) is 9.69 Å². The SMILES string of the molecule is CN1C(=O)C(C)(C)Nc2nccnc21. The Morgan fingerprint density at radius 3 is 2.71 bits per heavy atom. The second kappa shape index (κ2) is 2.67. The molecule has 74 valence electrons. The summed E-state index contributed by atoms with van der Waals surface area (Å²) in [6.07, 6.45) is 3.17. The fourth-order valence-electron chi connectivity index (χ4n) is 1.53. The van der Waals surface area contributed by atoms with Gasteiger partial charge in [0.25, 0.3) is 5.91 Å². The number of hydrogen-bond acceptors (Lipinski definition) is 4. The zero-order valence-corrected chi connectivity index (χ0v) is 8.40. The maximum atomic E-state index is 11.8. The van der Waals surface area contributed by atoms with Gasteiger partial charge in [-0.25, -0.2) is 9.97 Å². The van der Waals surface area contributed by atoms with E-state index >= 15 is 0 Å². The van der Waals surface area contributed by atoms with Gasteiger partial charge in [-0.2, -0.15) is 0 Å². The summed E-state index contributed by atoms with van der Waals surface area (Å²) in [6, 6.07) is 0. The van der Waals surface area contributed by atoms with E-state index in [1.165, 1.54) is 4.90 Å². The molecule has 0 saturated heterocycles. The number of carbonyl (C=O) groups is 1. The summed E-state index contributed by atoms with van der Waals surface area (Å²) in [5.41, 5.74) is -0.613. The molecule has 14 heavy (non-hydrogen) atoms. The Balaban J connectivity index is 2.53. The lowest BCUT2D eigenvalue weighted by Crippen LogP contribution is -2.53. The van der Waals surface area contributed by atoms with Gasteiger partial charge < -0.3 is 5.32 Å². The Labute approximate surface area is 82.2 Å². The van der Waals surface area contributed by atoms with Crippen molar-refractivity contribution in [1.82, 2.24) is 9.97 Å². The smallest absolute Gasteiger partial charge is 0.253 e. The zero-order valence-electron chi connectivity index (χ0n) is 8.40. The molecule has 0 aliphatic carbocycles. The van der Waals surface area contributed by atoms with E-state index < -0.39 is 5.54 Å². The molecule has 0 atom stereocenters. The van der Waals surface area contributed by atoms with Crippen molar-refractivity contribution in [3.63, 3.8) is 0 Å². The molecule has 1 amide bonds. The maximum Gasteiger partial charge on any atom is 0.253 e. The van der Waals surface area contributed by atoms with Crippen molar-refractivity contribution in [3.8, 4) is 0 Å². The Morgan fingerprint density at radius 2 is 2.00 bits per heavy atom. The van der Waals surface area contributed by atoms with Gasteiger partial charge in [0, 0.05) is 19.4 Å². The summed E-state index contributed by atoms with van der Waals surface area (Å²) < 4.78 is 0. The quantitative estimate of drug-likeness (QED) is 0.655. The van der Waals surface area contributed by atoms with Crippen molar-refractivity contribution >= 4 is 17.5 Å². The van der Waals surface area contributed by atoms with E-state index in [9.17, 15) is 4.79 Å². The second-order valence-electron chi connectivity index (χ2n) is 3.84. The Morgan fingerprint density at radius 1 is 1.36 bits per heavy atom. The number of aromatic nitrogens is 2. The molecule has 0 fully saturated rings. The highest BCUT2D eigenvalue weighted by Gasteiger charge is 2.37. The molecule has 2 rings (SSSR count). The van der Waals surface area contributed by atoms with E-state index in [1.807, 2.05) is 13.8 Å². The van der Waals surface area contributed by atoms with Crippen LogP contribution < -0.4 is 10.2 Å². The monoisotopic (exact) mass is 192 g/mol. The first-order valence-corrected chi connectivity index (χ1v) is 4.40. The lowest BCUT2D eigenvalue weighted by molar-refractivity contribution is -0.121. The Kier molecular flexibility index (Phi) is 1.70. The maximum absolute atomic E-state index is 11.8. The van der Waals surface area contributed by atoms with E-state index in [-0.39, 0.29) is 5.91 Å². The van der Waals surface area contributed by atoms with Crippen LogP contribution in [0.5, 0.6) is 0 Å². The minimum atomic E-state index is -0.613. The van der Waals surface area contributed by atoms with Gasteiger partial charge in [0.15, 0.2) is 11.6 Å². The molecule has 0 bridgehead atoms. The highest BCUT2D eigenvalue weighted by molar-refractivity contribution is 6.05. The van der Waals surface area contributed by atoms with Crippen LogP contribution in [0, 0.1) is 0 Å². The number of nitrogens with zero attached hydrogens (tertiary/aromatic N) is 3. The molecule has 0 unspecified atom stereocenters. The van der Waals surface area contributed by atoms with Gasteiger partial charge in [-0.1, -0.05) is 0 Å². The van der Waals surface area contributed by atoms with Gasteiger partial charge in [0.2, 0.25) is 0 Å². The topological polar surface area (TPSA) is 58.1 Å². The zero-order chi connectivity index (χ0) is 10.3. The minimum Gasteiger partial charge on any atom is -0.353 e. The third kappa shape index (κ3) is 1.13. The van der Waals surface area contributed by atoms with Gasteiger partial charge >= 0.3 is 0 Å². The molecule has 2 heterocycles. The van der Waals surface area contributed by atoms with E-state index in [1.54, 1.807) is 19.4 Å². The minimum absolute atomic E-state index is 0.00880. The molecule has 1 aromatic rings. The number of fused-ring (bicyclic) bond motifs is 1. The highest BCUT2D eigenvalue weighted by Crippen LogP contribution is 2.29. The lowest BCUT2D eigenvalue weighted by atomic mass is 10.0. The molecule has 5 heteroatoms. The summed E-state index contributed by atoms with van der Waals surface area (Å²) in [5, 5.41) is 3.05. The number of hydrogen-bond donors (Lipinski definition) is 1. The number of rotatable bonds is 0. The van der Waals surface area contributed by atoms with Crippen LogP contribution in [0.3, 0.4) is 0 Å². The molecule has 0 spiro atoms. The van der Waals surface area contributed by atoms with Gasteiger partial charge in [-0.05, 0) is 13.8 Å². The van der Waals surface area contributed by atoms with Crippen molar-refractivity contribution in [2.45, 2.75) is 19.4 Å². The summed E-state index contributed by atoms with van der Waals surface area (Å²) in [5.74, 6) is 1.22. The first-order chi connectivity index (χ1) is 6.52. The third-order valence-corrected chi connectivity index (χ3v) is 2.27. The van der Waals surface area contributed by atoms with Crippen molar-refractivity contribution in [2.24, 2.45) is 0 Å². The van der Waals surface area contributed by atoms with Crippen molar-refractivity contribution in [2.75, 3.05) is 17.3 Å². The average Bonchev–Trinajstić information content (AvgIpc) is 2.14. The lowest BCUT2D eigenvalue weighted by Gasteiger charge is -2.35. The number of amides is 1. The molecule has 1 aliphatic heterocycles. The standard InChI is InChI=1S/C9H12N4O/c1-9(2)8(14)13(3)7-6(12-9)10-4-5-11-7/h4-5H,1-3H3,(H,10,12). The predicted octanol–water partition coefficient (Wildman–Crippen LogP) is 0.643. The van der Waals surface area contributed by atoms with Crippen LogP contribution in [-0.2, 0) is 4.79 Å². The number of likely N-dealkylation sites (N-methyl/N-ethyl adjacent to an activating group) is 1. The van der Waals surface area contributed by atoms with Crippen molar-refractivity contribution in [3.05, 3.63) is 12.4 Å². The molecule has 0 aromatic carbocycles. The molecule has 1 aromatic heterocycles. The van der Waals surface area contributed by atoms with Crippen LogP contribution in [-0.4, -0.2) is 28.5 Å². The summed E-state index contributed by atoms with van der Waals surface area (Å²) in [6.45, 7) is 3.65. The number of nitrogens with one attached hydrogen (secondary N) is 1. The predicted molar refractivity (Wildman–Crippen MR) is 53.1 cm³/mol. The Hall–Kier alpha value is -1.65. The van der Waals surface area contributed by atoms with Crippen LogP contribution in [0.25, 0.3) is 0 Å².